The molecule has 0 saturated carbocycles. The Balaban J connectivity index is 1.39. The Labute approximate surface area is 234 Å². The van der Waals surface area contributed by atoms with E-state index in [2.05, 4.69) is 15.1 Å². The van der Waals surface area contributed by atoms with Gasteiger partial charge < -0.3 is 24.2 Å². The van der Waals surface area contributed by atoms with Gasteiger partial charge in [0.2, 0.25) is 11.8 Å². The van der Waals surface area contributed by atoms with Gasteiger partial charge in [-0.15, -0.1) is 10.2 Å². The molecule has 0 radical (unpaired) electrons. The molecule has 1 aliphatic heterocycles. The Morgan fingerprint density at radius 3 is 2.33 bits per heavy atom. The van der Waals surface area contributed by atoms with Gasteiger partial charge in [-0.2, -0.15) is 0 Å². The van der Waals surface area contributed by atoms with Crippen molar-refractivity contribution < 1.29 is 23.5 Å². The van der Waals surface area contributed by atoms with Crippen molar-refractivity contribution in [3.05, 3.63) is 66.0 Å². The molecule has 3 aromatic rings. The molecule has 2 aromatic carbocycles. The zero-order valence-corrected chi connectivity index (χ0v) is 23.5. The fourth-order valence-corrected chi connectivity index (χ4v) is 4.69. The van der Waals surface area contributed by atoms with E-state index in [9.17, 15) is 14.0 Å². The number of anilines is 1. The van der Waals surface area contributed by atoms with Crippen molar-refractivity contribution in [2.24, 2.45) is 5.92 Å². The highest BCUT2D eigenvalue weighted by molar-refractivity contribution is 5.85. The molecule has 10 heteroatoms. The van der Waals surface area contributed by atoms with Crippen molar-refractivity contribution in [3.8, 4) is 22.8 Å². The maximum atomic E-state index is 13.3. The van der Waals surface area contributed by atoms with Gasteiger partial charge in [-0.25, -0.2) is 4.39 Å². The molecule has 0 atom stereocenters. The van der Waals surface area contributed by atoms with Gasteiger partial charge in [-0.3, -0.25) is 9.59 Å². The van der Waals surface area contributed by atoms with Crippen LogP contribution in [0.4, 0.5) is 10.2 Å². The lowest BCUT2D eigenvalue weighted by Crippen LogP contribution is -2.45. The van der Waals surface area contributed by atoms with Crippen molar-refractivity contribution in [2.75, 3.05) is 51.8 Å². The largest absolute Gasteiger partial charge is 0.493 e. The van der Waals surface area contributed by atoms with Crippen LogP contribution in [0.15, 0.2) is 54.6 Å². The number of hydrogen-bond donors (Lipinski definition) is 0. The summed E-state index contributed by atoms with van der Waals surface area (Å²) in [4.78, 5) is 31.6. The molecule has 0 unspecified atom stereocenters. The van der Waals surface area contributed by atoms with Crippen LogP contribution in [0.5, 0.6) is 11.5 Å². The number of rotatable bonds is 9. The Morgan fingerprint density at radius 2 is 1.68 bits per heavy atom. The first-order chi connectivity index (χ1) is 19.3. The first-order valence-electron chi connectivity index (χ1n) is 13.4. The standard InChI is InChI=1S/C30H36FN5O4/c1-21(2)30(38)36(19-22-6-9-24(31)10-7-22)20-29(37)35-15-5-14-34(16-17-35)28-13-11-25(32-33-28)23-8-12-26(39-3)27(18-23)40-4/h6-13,18,21H,5,14-17,19-20H2,1-4H3. The SMILES string of the molecule is COc1ccc(-c2ccc(N3CCCN(C(=O)CN(Cc4ccc(F)cc4)C(=O)C(C)C)CC3)nn2)cc1OC. The third kappa shape index (κ3) is 7.05. The number of halogens is 1. The highest BCUT2D eigenvalue weighted by Crippen LogP contribution is 2.31. The Kier molecular flexibility index (Phi) is 9.52. The predicted octanol–water partition coefficient (Wildman–Crippen LogP) is 4.02. The normalized spacial score (nSPS) is 13.7. The van der Waals surface area contributed by atoms with E-state index in [-0.39, 0.29) is 36.6 Å². The number of amides is 2. The second kappa shape index (κ2) is 13.2. The Hall–Kier alpha value is -4.21. The van der Waals surface area contributed by atoms with Gasteiger partial charge in [0.1, 0.15) is 12.4 Å². The molecule has 1 saturated heterocycles. The highest BCUT2D eigenvalue weighted by Gasteiger charge is 2.25. The van der Waals surface area contributed by atoms with Crippen LogP contribution >= 0.6 is 0 Å². The molecule has 0 spiro atoms. The topological polar surface area (TPSA) is 88.1 Å². The second-order valence-electron chi connectivity index (χ2n) is 10.0. The van der Waals surface area contributed by atoms with Crippen LogP contribution in [0.2, 0.25) is 0 Å². The molecule has 40 heavy (non-hydrogen) atoms. The molecule has 1 aromatic heterocycles. The van der Waals surface area contributed by atoms with Gasteiger partial charge in [0.05, 0.1) is 19.9 Å². The van der Waals surface area contributed by atoms with Gasteiger partial charge in [0.25, 0.3) is 0 Å². The third-order valence-corrected chi connectivity index (χ3v) is 6.92. The van der Waals surface area contributed by atoms with Crippen LogP contribution in [0.3, 0.4) is 0 Å². The van der Waals surface area contributed by atoms with Crippen molar-refractivity contribution in [1.82, 2.24) is 20.0 Å². The molecule has 0 N–H and O–H groups in total. The van der Waals surface area contributed by atoms with Crippen molar-refractivity contribution in [2.45, 2.75) is 26.8 Å². The minimum Gasteiger partial charge on any atom is -0.493 e. The van der Waals surface area contributed by atoms with E-state index in [0.717, 1.165) is 29.9 Å². The van der Waals surface area contributed by atoms with Crippen LogP contribution in [-0.2, 0) is 16.1 Å². The summed E-state index contributed by atoms with van der Waals surface area (Å²) in [5, 5.41) is 8.88. The first-order valence-corrected chi connectivity index (χ1v) is 13.4. The number of benzene rings is 2. The molecule has 4 rings (SSSR count). The monoisotopic (exact) mass is 549 g/mol. The number of aromatic nitrogens is 2. The number of carbonyl (C=O) groups excluding carboxylic acids is 2. The minimum absolute atomic E-state index is 0.0196. The number of nitrogens with zero attached hydrogens (tertiary/aromatic N) is 5. The summed E-state index contributed by atoms with van der Waals surface area (Å²) in [6.45, 7) is 6.30. The molecule has 2 amide bonds. The zero-order valence-electron chi connectivity index (χ0n) is 23.5. The molecular formula is C30H36FN5O4. The maximum absolute atomic E-state index is 13.3. The summed E-state index contributed by atoms with van der Waals surface area (Å²) in [6, 6.07) is 15.5. The number of methoxy groups -OCH3 is 2. The fourth-order valence-electron chi connectivity index (χ4n) is 4.69. The summed E-state index contributed by atoms with van der Waals surface area (Å²) in [5.74, 6) is 1.20. The number of ether oxygens (including phenoxy) is 2. The Bertz CT molecular complexity index is 1300. The average Bonchev–Trinajstić information content (AvgIpc) is 3.24. The lowest BCUT2D eigenvalue weighted by molar-refractivity contribution is -0.142. The van der Waals surface area contributed by atoms with Gasteiger partial charge >= 0.3 is 0 Å². The van der Waals surface area contributed by atoms with E-state index in [1.54, 1.807) is 36.2 Å². The van der Waals surface area contributed by atoms with E-state index in [1.807, 2.05) is 44.2 Å². The van der Waals surface area contributed by atoms with E-state index in [1.165, 1.54) is 12.1 Å². The van der Waals surface area contributed by atoms with E-state index in [4.69, 9.17) is 9.47 Å². The summed E-state index contributed by atoms with van der Waals surface area (Å²) < 4.78 is 24.0. The molecule has 0 aliphatic carbocycles. The van der Waals surface area contributed by atoms with Crippen LogP contribution < -0.4 is 14.4 Å². The van der Waals surface area contributed by atoms with Crippen molar-refractivity contribution in [3.63, 3.8) is 0 Å². The quantitative estimate of drug-likeness (QED) is 0.398. The van der Waals surface area contributed by atoms with Crippen LogP contribution in [0.1, 0.15) is 25.8 Å². The lowest BCUT2D eigenvalue weighted by atomic mass is 10.1. The summed E-state index contributed by atoms with van der Waals surface area (Å²) in [7, 11) is 3.19. The van der Waals surface area contributed by atoms with Gasteiger partial charge in [0.15, 0.2) is 17.3 Å². The van der Waals surface area contributed by atoms with Crippen molar-refractivity contribution in [1.29, 1.82) is 0 Å². The molecular weight excluding hydrogens is 513 g/mol. The summed E-state index contributed by atoms with van der Waals surface area (Å²) in [5.41, 5.74) is 2.36. The lowest BCUT2D eigenvalue weighted by Gasteiger charge is -2.28. The predicted molar refractivity (Wildman–Crippen MR) is 151 cm³/mol. The smallest absolute Gasteiger partial charge is 0.242 e. The third-order valence-electron chi connectivity index (χ3n) is 6.92. The molecule has 1 aliphatic rings. The molecule has 2 heterocycles. The van der Waals surface area contributed by atoms with Crippen molar-refractivity contribution >= 4 is 17.6 Å². The van der Waals surface area contributed by atoms with Crippen LogP contribution in [0, 0.1) is 11.7 Å². The zero-order chi connectivity index (χ0) is 28.6. The van der Waals surface area contributed by atoms with Gasteiger partial charge in [-0.05, 0) is 54.4 Å². The van der Waals surface area contributed by atoms with E-state index >= 15 is 0 Å². The van der Waals surface area contributed by atoms with Crippen LogP contribution in [0.25, 0.3) is 11.3 Å². The highest BCUT2D eigenvalue weighted by atomic mass is 19.1. The molecule has 9 nitrogen and oxygen atoms in total. The van der Waals surface area contributed by atoms with Gasteiger partial charge in [0, 0.05) is 44.2 Å². The van der Waals surface area contributed by atoms with E-state index in [0.29, 0.717) is 36.8 Å². The van der Waals surface area contributed by atoms with Gasteiger partial charge in [-0.1, -0.05) is 26.0 Å². The maximum Gasteiger partial charge on any atom is 0.242 e. The number of carbonyl (C=O) groups is 2. The first kappa shape index (κ1) is 28.8. The molecule has 1 fully saturated rings. The second-order valence-corrected chi connectivity index (χ2v) is 10.0. The van der Waals surface area contributed by atoms with Crippen LogP contribution in [-0.4, -0.2) is 78.8 Å². The summed E-state index contributed by atoms with van der Waals surface area (Å²) in [6.07, 6.45) is 0.765. The fraction of sp³-hybridized carbons (Fsp3) is 0.400. The van der Waals surface area contributed by atoms with E-state index < -0.39 is 0 Å². The minimum atomic E-state index is -0.337. The molecule has 212 valence electrons. The summed E-state index contributed by atoms with van der Waals surface area (Å²) >= 11 is 0. The number of hydrogen-bond acceptors (Lipinski definition) is 7. The molecule has 0 bridgehead atoms. The average molecular weight is 550 g/mol. The Morgan fingerprint density at radius 1 is 0.925 bits per heavy atom.